The molecule has 3 rings (SSSR count). The maximum atomic E-state index is 8.80. The lowest BCUT2D eigenvalue weighted by Gasteiger charge is -2.41. The number of benzene rings is 1. The van der Waals surface area contributed by atoms with Crippen LogP contribution in [0.2, 0.25) is 0 Å². The molecule has 98 valence electrons. The van der Waals surface area contributed by atoms with Crippen LogP contribution in [0.5, 0.6) is 0 Å². The standard InChI is InChI=1S/C15H17N3O/c1-11-17-13-8-12(4-5-14(13)18(11)2)15(6-3-7-16)9-19-10-15/h4-5,8H,3,6,9-10H2,1-2H3. The van der Waals surface area contributed by atoms with Gasteiger partial charge in [-0.2, -0.15) is 5.26 Å². The zero-order chi connectivity index (χ0) is 13.5. The zero-order valence-electron chi connectivity index (χ0n) is 11.3. The van der Waals surface area contributed by atoms with Gasteiger partial charge in [-0.1, -0.05) is 6.07 Å². The average molecular weight is 255 g/mol. The molecule has 4 nitrogen and oxygen atoms in total. The van der Waals surface area contributed by atoms with E-state index >= 15 is 0 Å². The molecule has 0 N–H and O–H groups in total. The Morgan fingerprint density at radius 2 is 2.26 bits per heavy atom. The Labute approximate surface area is 112 Å². The second kappa shape index (κ2) is 4.36. The molecule has 2 aromatic rings. The first-order chi connectivity index (χ1) is 9.16. The van der Waals surface area contributed by atoms with Crippen LogP contribution >= 0.6 is 0 Å². The number of nitrogens with zero attached hydrogens (tertiary/aromatic N) is 3. The summed E-state index contributed by atoms with van der Waals surface area (Å²) in [5, 5.41) is 8.80. The Morgan fingerprint density at radius 3 is 2.89 bits per heavy atom. The van der Waals surface area contributed by atoms with E-state index in [1.54, 1.807) is 0 Å². The van der Waals surface area contributed by atoms with Gasteiger partial charge in [0.25, 0.3) is 0 Å². The van der Waals surface area contributed by atoms with E-state index < -0.39 is 0 Å². The van der Waals surface area contributed by atoms with Gasteiger partial charge >= 0.3 is 0 Å². The minimum Gasteiger partial charge on any atom is -0.379 e. The largest absolute Gasteiger partial charge is 0.379 e. The summed E-state index contributed by atoms with van der Waals surface area (Å²) in [5.74, 6) is 1.02. The number of nitriles is 1. The van der Waals surface area contributed by atoms with E-state index in [1.807, 2.05) is 14.0 Å². The summed E-state index contributed by atoms with van der Waals surface area (Å²) < 4.78 is 7.49. The molecular formula is C15H17N3O. The fourth-order valence-corrected chi connectivity index (χ4v) is 2.75. The molecule has 0 bridgehead atoms. The van der Waals surface area contributed by atoms with Crippen LogP contribution < -0.4 is 0 Å². The van der Waals surface area contributed by atoms with Crippen molar-refractivity contribution in [3.8, 4) is 6.07 Å². The van der Waals surface area contributed by atoms with Crippen LogP contribution in [0, 0.1) is 18.3 Å². The van der Waals surface area contributed by atoms with Crippen LogP contribution in [0.3, 0.4) is 0 Å². The zero-order valence-corrected chi connectivity index (χ0v) is 11.3. The molecule has 0 aliphatic carbocycles. The fourth-order valence-electron chi connectivity index (χ4n) is 2.75. The predicted octanol–water partition coefficient (Wildman–Crippen LogP) is 2.45. The third kappa shape index (κ3) is 1.82. The Morgan fingerprint density at radius 1 is 1.47 bits per heavy atom. The van der Waals surface area contributed by atoms with Crippen molar-refractivity contribution in [3.63, 3.8) is 0 Å². The second-order valence-electron chi connectivity index (χ2n) is 5.35. The number of fused-ring (bicyclic) bond motifs is 1. The van der Waals surface area contributed by atoms with Crippen molar-refractivity contribution in [1.29, 1.82) is 5.26 Å². The van der Waals surface area contributed by atoms with Crippen LogP contribution in [0.4, 0.5) is 0 Å². The van der Waals surface area contributed by atoms with Crippen LogP contribution in [-0.2, 0) is 17.2 Å². The minimum atomic E-state index is 0.0232. The third-order valence-corrected chi connectivity index (χ3v) is 4.19. The van der Waals surface area contributed by atoms with Crippen molar-refractivity contribution in [2.45, 2.75) is 25.2 Å². The van der Waals surface area contributed by atoms with Crippen LogP contribution in [0.1, 0.15) is 24.2 Å². The van der Waals surface area contributed by atoms with Gasteiger partial charge < -0.3 is 9.30 Å². The molecule has 0 atom stereocenters. The van der Waals surface area contributed by atoms with Gasteiger partial charge in [0.2, 0.25) is 0 Å². The van der Waals surface area contributed by atoms with E-state index in [9.17, 15) is 0 Å². The number of hydrogen-bond acceptors (Lipinski definition) is 3. The summed E-state index contributed by atoms with van der Waals surface area (Å²) >= 11 is 0. The van der Waals surface area contributed by atoms with Gasteiger partial charge in [-0.25, -0.2) is 4.98 Å². The lowest BCUT2D eigenvalue weighted by molar-refractivity contribution is -0.0636. The van der Waals surface area contributed by atoms with E-state index in [4.69, 9.17) is 10.00 Å². The van der Waals surface area contributed by atoms with E-state index in [0.717, 1.165) is 23.3 Å². The molecular weight excluding hydrogens is 238 g/mol. The van der Waals surface area contributed by atoms with Gasteiger partial charge in [-0.15, -0.1) is 0 Å². The molecule has 1 aliphatic rings. The van der Waals surface area contributed by atoms with Gasteiger partial charge in [0, 0.05) is 18.9 Å². The molecule has 0 spiro atoms. The fraction of sp³-hybridized carbons (Fsp3) is 0.467. The van der Waals surface area contributed by atoms with Crippen molar-refractivity contribution in [1.82, 2.24) is 9.55 Å². The van der Waals surface area contributed by atoms with E-state index in [0.29, 0.717) is 19.6 Å². The molecule has 1 aromatic carbocycles. The van der Waals surface area contributed by atoms with Gasteiger partial charge in [0.05, 0.1) is 30.3 Å². The second-order valence-corrected chi connectivity index (χ2v) is 5.35. The van der Waals surface area contributed by atoms with Gasteiger partial charge in [-0.05, 0) is 31.0 Å². The van der Waals surface area contributed by atoms with E-state index in [-0.39, 0.29) is 5.41 Å². The molecule has 0 amide bonds. The smallest absolute Gasteiger partial charge is 0.106 e. The van der Waals surface area contributed by atoms with Crippen LogP contribution in [-0.4, -0.2) is 22.8 Å². The first kappa shape index (κ1) is 12.2. The molecule has 1 aromatic heterocycles. The molecule has 4 heteroatoms. The molecule has 2 heterocycles. The SMILES string of the molecule is Cc1nc2cc(C3(CCC#N)COC3)ccc2n1C. The Balaban J connectivity index is 2.03. The summed E-state index contributed by atoms with van der Waals surface area (Å²) in [6, 6.07) is 8.67. The molecule has 0 saturated carbocycles. The molecule has 1 saturated heterocycles. The van der Waals surface area contributed by atoms with E-state index in [2.05, 4.69) is 33.8 Å². The first-order valence-electron chi connectivity index (χ1n) is 6.54. The highest BCUT2D eigenvalue weighted by molar-refractivity contribution is 5.77. The minimum absolute atomic E-state index is 0.0232. The highest BCUT2D eigenvalue weighted by atomic mass is 16.5. The molecule has 0 radical (unpaired) electrons. The quantitative estimate of drug-likeness (QED) is 0.846. The van der Waals surface area contributed by atoms with Crippen LogP contribution in [0.25, 0.3) is 11.0 Å². The van der Waals surface area contributed by atoms with E-state index in [1.165, 1.54) is 5.56 Å². The topological polar surface area (TPSA) is 50.8 Å². The predicted molar refractivity (Wildman–Crippen MR) is 72.8 cm³/mol. The summed E-state index contributed by atoms with van der Waals surface area (Å²) in [5.41, 5.74) is 3.45. The van der Waals surface area contributed by atoms with Crippen molar-refractivity contribution in [2.75, 3.05) is 13.2 Å². The Hall–Kier alpha value is -1.86. The Kier molecular flexibility index (Phi) is 2.79. The van der Waals surface area contributed by atoms with Gasteiger partial charge in [0.15, 0.2) is 0 Å². The number of aromatic nitrogens is 2. The number of hydrogen-bond donors (Lipinski definition) is 0. The lowest BCUT2D eigenvalue weighted by Crippen LogP contribution is -2.46. The first-order valence-corrected chi connectivity index (χ1v) is 6.54. The number of aryl methyl sites for hydroxylation is 2. The highest BCUT2D eigenvalue weighted by Gasteiger charge is 2.40. The van der Waals surface area contributed by atoms with Crippen LogP contribution in [0.15, 0.2) is 18.2 Å². The summed E-state index contributed by atoms with van der Waals surface area (Å²) in [6.07, 6.45) is 1.43. The maximum absolute atomic E-state index is 8.80. The molecule has 1 fully saturated rings. The normalized spacial score (nSPS) is 17.1. The molecule has 0 unspecified atom stereocenters. The number of ether oxygens (including phenoxy) is 1. The van der Waals surface area contributed by atoms with Crippen molar-refractivity contribution >= 4 is 11.0 Å². The highest BCUT2D eigenvalue weighted by Crippen LogP contribution is 2.37. The molecule has 19 heavy (non-hydrogen) atoms. The van der Waals surface area contributed by atoms with Gasteiger partial charge in [-0.3, -0.25) is 0 Å². The van der Waals surface area contributed by atoms with Crippen molar-refractivity contribution in [2.24, 2.45) is 7.05 Å². The lowest BCUT2D eigenvalue weighted by atomic mass is 9.75. The van der Waals surface area contributed by atoms with Crippen molar-refractivity contribution in [3.05, 3.63) is 29.6 Å². The third-order valence-electron chi connectivity index (χ3n) is 4.19. The van der Waals surface area contributed by atoms with Crippen molar-refractivity contribution < 1.29 is 4.74 Å². The maximum Gasteiger partial charge on any atom is 0.106 e. The Bertz CT molecular complexity index is 662. The molecule has 1 aliphatic heterocycles. The number of imidazole rings is 1. The van der Waals surface area contributed by atoms with Gasteiger partial charge in [0.1, 0.15) is 5.82 Å². The summed E-state index contributed by atoms with van der Waals surface area (Å²) in [7, 11) is 2.03. The summed E-state index contributed by atoms with van der Waals surface area (Å²) in [6.45, 7) is 3.44. The monoisotopic (exact) mass is 255 g/mol. The summed E-state index contributed by atoms with van der Waals surface area (Å²) in [4.78, 5) is 4.58. The number of rotatable bonds is 3. The average Bonchev–Trinajstić information content (AvgIpc) is 2.64.